The Morgan fingerprint density at radius 3 is 2.34 bits per heavy atom. The molecule has 29 heavy (non-hydrogen) atoms. The second kappa shape index (κ2) is 8.77. The molecule has 0 aliphatic rings. The molecule has 0 unspecified atom stereocenters. The van der Waals surface area contributed by atoms with Crippen molar-refractivity contribution in [1.29, 1.82) is 0 Å². The zero-order chi connectivity index (χ0) is 20.9. The first kappa shape index (κ1) is 20.4. The third kappa shape index (κ3) is 5.34. The number of carbonyl (C=O) groups excluding carboxylic acids is 1. The number of carbonyl (C=O) groups is 1. The van der Waals surface area contributed by atoms with Crippen LogP contribution in [0.1, 0.15) is 28.4 Å². The Balaban J connectivity index is 1.73. The number of alkyl halides is 3. The van der Waals surface area contributed by atoms with Crippen LogP contribution in [0.15, 0.2) is 73.1 Å². The summed E-state index contributed by atoms with van der Waals surface area (Å²) >= 11 is 0. The maximum Gasteiger partial charge on any atom is 0.416 e. The molecule has 0 bridgehead atoms. The van der Waals surface area contributed by atoms with Crippen molar-refractivity contribution in [3.63, 3.8) is 0 Å². The third-order valence-corrected chi connectivity index (χ3v) is 4.42. The smallest absolute Gasteiger partial charge is 0.366 e. The summed E-state index contributed by atoms with van der Waals surface area (Å²) in [5.41, 5.74) is 1.77. The number of rotatable bonds is 6. The van der Waals surface area contributed by atoms with E-state index in [0.717, 1.165) is 29.9 Å². The highest BCUT2D eigenvalue weighted by atomic mass is 19.4. The summed E-state index contributed by atoms with van der Waals surface area (Å²) in [5, 5.41) is 2.61. The number of anilines is 2. The Morgan fingerprint density at radius 1 is 1.03 bits per heavy atom. The molecule has 0 atom stereocenters. The molecule has 7 heteroatoms. The third-order valence-electron chi connectivity index (χ3n) is 4.42. The van der Waals surface area contributed by atoms with Gasteiger partial charge in [-0.05, 0) is 42.8 Å². The molecule has 0 saturated heterocycles. The minimum atomic E-state index is -4.41. The van der Waals surface area contributed by atoms with Crippen LogP contribution < -0.4 is 10.2 Å². The monoisotopic (exact) mass is 399 g/mol. The standard InChI is InChI=1S/C22H20F3N3O/c1-2-28(15-16-6-4-3-5-7-16)20-12-17(13-26-14-20)21(29)27-19-10-8-18(9-11-19)22(23,24)25/h3-14H,2,15H2,1H3,(H,27,29). The SMILES string of the molecule is CCN(Cc1ccccc1)c1cncc(C(=O)Nc2ccc(C(F)(F)F)cc2)c1. The molecule has 4 nitrogen and oxygen atoms in total. The van der Waals surface area contributed by atoms with Crippen LogP contribution in [0.3, 0.4) is 0 Å². The minimum Gasteiger partial charge on any atom is -0.366 e. The number of benzene rings is 2. The van der Waals surface area contributed by atoms with E-state index < -0.39 is 17.6 Å². The largest absolute Gasteiger partial charge is 0.416 e. The van der Waals surface area contributed by atoms with Crippen molar-refractivity contribution < 1.29 is 18.0 Å². The van der Waals surface area contributed by atoms with Crippen molar-refractivity contribution in [2.75, 3.05) is 16.8 Å². The van der Waals surface area contributed by atoms with Gasteiger partial charge in [0.2, 0.25) is 0 Å². The highest BCUT2D eigenvalue weighted by Crippen LogP contribution is 2.30. The summed E-state index contributed by atoms with van der Waals surface area (Å²) in [5.74, 6) is -0.435. The normalized spacial score (nSPS) is 11.2. The number of nitrogens with one attached hydrogen (secondary N) is 1. The number of hydrogen-bond donors (Lipinski definition) is 1. The Kier molecular flexibility index (Phi) is 6.16. The van der Waals surface area contributed by atoms with Gasteiger partial charge in [0.1, 0.15) is 0 Å². The molecular weight excluding hydrogens is 379 g/mol. The molecule has 1 heterocycles. The molecule has 150 valence electrons. The van der Waals surface area contributed by atoms with Crippen molar-refractivity contribution in [1.82, 2.24) is 4.98 Å². The molecule has 0 aliphatic heterocycles. The van der Waals surface area contributed by atoms with Crippen LogP contribution in [0.25, 0.3) is 0 Å². The van der Waals surface area contributed by atoms with Crippen LogP contribution in [-0.4, -0.2) is 17.4 Å². The molecule has 2 aromatic carbocycles. The first-order valence-corrected chi connectivity index (χ1v) is 9.09. The molecule has 3 rings (SSSR count). The summed E-state index contributed by atoms with van der Waals surface area (Å²) < 4.78 is 38.0. The van der Waals surface area contributed by atoms with E-state index >= 15 is 0 Å². The van der Waals surface area contributed by atoms with Crippen LogP contribution >= 0.6 is 0 Å². The van der Waals surface area contributed by atoms with Crippen molar-refractivity contribution in [2.45, 2.75) is 19.6 Å². The molecule has 0 spiro atoms. The van der Waals surface area contributed by atoms with Gasteiger partial charge in [-0.15, -0.1) is 0 Å². The quantitative estimate of drug-likeness (QED) is 0.605. The van der Waals surface area contributed by atoms with Crippen molar-refractivity contribution in [2.24, 2.45) is 0 Å². The number of amides is 1. The lowest BCUT2D eigenvalue weighted by molar-refractivity contribution is -0.137. The fraction of sp³-hybridized carbons (Fsp3) is 0.182. The summed E-state index contributed by atoms with van der Waals surface area (Å²) in [6, 6.07) is 16.0. The van der Waals surface area contributed by atoms with Gasteiger partial charge >= 0.3 is 6.18 Å². The maximum atomic E-state index is 12.7. The van der Waals surface area contributed by atoms with Crippen LogP contribution in [-0.2, 0) is 12.7 Å². The summed E-state index contributed by atoms with van der Waals surface area (Å²) in [7, 11) is 0. The Hall–Kier alpha value is -3.35. The number of pyridine rings is 1. The number of nitrogens with zero attached hydrogens (tertiary/aromatic N) is 2. The Bertz CT molecular complexity index is 957. The van der Waals surface area contributed by atoms with Gasteiger partial charge in [-0.3, -0.25) is 9.78 Å². The van der Waals surface area contributed by atoms with Crippen molar-refractivity contribution in [3.8, 4) is 0 Å². The summed E-state index contributed by atoms with van der Waals surface area (Å²) in [6.45, 7) is 3.40. The Morgan fingerprint density at radius 2 is 1.72 bits per heavy atom. The number of hydrogen-bond acceptors (Lipinski definition) is 3. The second-order valence-electron chi connectivity index (χ2n) is 6.46. The van der Waals surface area contributed by atoms with Crippen LogP contribution in [0.5, 0.6) is 0 Å². The van der Waals surface area contributed by atoms with E-state index in [1.165, 1.54) is 18.3 Å². The van der Waals surface area contributed by atoms with E-state index in [4.69, 9.17) is 0 Å². The molecule has 0 fully saturated rings. The lowest BCUT2D eigenvalue weighted by Crippen LogP contribution is -2.23. The fourth-order valence-corrected chi connectivity index (χ4v) is 2.86. The number of aromatic nitrogens is 1. The van der Waals surface area contributed by atoms with Gasteiger partial charge in [-0.2, -0.15) is 13.2 Å². The van der Waals surface area contributed by atoms with E-state index in [2.05, 4.69) is 15.2 Å². The topological polar surface area (TPSA) is 45.2 Å². The van der Waals surface area contributed by atoms with E-state index in [9.17, 15) is 18.0 Å². The zero-order valence-electron chi connectivity index (χ0n) is 15.8. The second-order valence-corrected chi connectivity index (χ2v) is 6.46. The lowest BCUT2D eigenvalue weighted by atomic mass is 10.1. The van der Waals surface area contributed by atoms with Gasteiger partial charge in [-0.1, -0.05) is 30.3 Å². The molecule has 1 amide bonds. The van der Waals surface area contributed by atoms with Gasteiger partial charge in [0.25, 0.3) is 5.91 Å². The van der Waals surface area contributed by atoms with Crippen molar-refractivity contribution in [3.05, 3.63) is 89.7 Å². The van der Waals surface area contributed by atoms with Gasteiger partial charge in [0, 0.05) is 25.0 Å². The first-order chi connectivity index (χ1) is 13.9. The Labute approximate surface area is 167 Å². The zero-order valence-corrected chi connectivity index (χ0v) is 15.8. The summed E-state index contributed by atoms with van der Waals surface area (Å²) in [6.07, 6.45) is -1.30. The fourth-order valence-electron chi connectivity index (χ4n) is 2.86. The molecule has 1 N–H and O–H groups in total. The van der Waals surface area contributed by atoms with Crippen molar-refractivity contribution >= 4 is 17.3 Å². The highest BCUT2D eigenvalue weighted by molar-refractivity contribution is 6.04. The van der Waals surface area contributed by atoms with E-state index in [-0.39, 0.29) is 5.69 Å². The first-order valence-electron chi connectivity index (χ1n) is 9.09. The highest BCUT2D eigenvalue weighted by Gasteiger charge is 2.30. The van der Waals surface area contributed by atoms with E-state index in [1.807, 2.05) is 37.3 Å². The van der Waals surface area contributed by atoms with Crippen LogP contribution in [0.2, 0.25) is 0 Å². The molecule has 3 aromatic rings. The molecule has 1 aromatic heterocycles. The predicted molar refractivity (Wildman–Crippen MR) is 107 cm³/mol. The van der Waals surface area contributed by atoms with Gasteiger partial charge < -0.3 is 10.2 Å². The maximum absolute atomic E-state index is 12.7. The molecule has 0 aliphatic carbocycles. The molecule has 0 saturated carbocycles. The lowest BCUT2D eigenvalue weighted by Gasteiger charge is -2.23. The van der Waals surface area contributed by atoms with Crippen LogP contribution in [0, 0.1) is 0 Å². The van der Waals surface area contributed by atoms with Crippen LogP contribution in [0.4, 0.5) is 24.5 Å². The molecular formula is C22H20F3N3O. The van der Waals surface area contributed by atoms with Gasteiger partial charge in [-0.25, -0.2) is 0 Å². The van der Waals surface area contributed by atoms with Gasteiger partial charge in [0.05, 0.1) is 23.0 Å². The minimum absolute atomic E-state index is 0.282. The number of halogens is 3. The summed E-state index contributed by atoms with van der Waals surface area (Å²) in [4.78, 5) is 18.8. The molecule has 0 radical (unpaired) electrons. The van der Waals surface area contributed by atoms with E-state index in [1.54, 1.807) is 12.3 Å². The average molecular weight is 399 g/mol. The average Bonchev–Trinajstić information content (AvgIpc) is 2.72. The van der Waals surface area contributed by atoms with Gasteiger partial charge in [0.15, 0.2) is 0 Å². The van der Waals surface area contributed by atoms with E-state index in [0.29, 0.717) is 12.1 Å². The predicted octanol–water partition coefficient (Wildman–Crippen LogP) is 5.38.